The first-order chi connectivity index (χ1) is 17.4. The summed E-state index contributed by atoms with van der Waals surface area (Å²) >= 11 is 0. The molecular weight excluding hydrogens is 454 g/mol. The molecule has 1 aromatic carbocycles. The van der Waals surface area contributed by atoms with Crippen LogP contribution < -0.4 is 20.4 Å². The Balaban J connectivity index is 1.37. The van der Waals surface area contributed by atoms with E-state index < -0.39 is 0 Å². The predicted molar refractivity (Wildman–Crippen MR) is 139 cm³/mol. The van der Waals surface area contributed by atoms with E-state index in [0.717, 1.165) is 24.8 Å². The lowest BCUT2D eigenvalue weighted by molar-refractivity contribution is -0.122. The first-order valence-corrected chi connectivity index (χ1v) is 13.1. The van der Waals surface area contributed by atoms with Crippen molar-refractivity contribution in [2.75, 3.05) is 22.9 Å². The number of carbonyl (C=O) groups is 3. The van der Waals surface area contributed by atoms with E-state index in [1.54, 1.807) is 29.4 Å². The van der Waals surface area contributed by atoms with Crippen molar-refractivity contribution in [3.8, 4) is 0 Å². The minimum atomic E-state index is -0.224. The number of fused-ring (bicyclic) bond motifs is 1. The zero-order valence-electron chi connectivity index (χ0n) is 21.1. The molecule has 1 aromatic heterocycles. The molecule has 2 saturated carbocycles. The predicted octanol–water partition coefficient (Wildman–Crippen LogP) is 3.58. The fourth-order valence-corrected chi connectivity index (χ4v) is 5.42. The summed E-state index contributed by atoms with van der Waals surface area (Å²) in [7, 11) is 0. The van der Waals surface area contributed by atoms with Gasteiger partial charge in [-0.15, -0.1) is 0 Å². The largest absolute Gasteiger partial charge is 0.346 e. The summed E-state index contributed by atoms with van der Waals surface area (Å²) in [4.78, 5) is 47.0. The van der Waals surface area contributed by atoms with Crippen molar-refractivity contribution in [2.24, 2.45) is 5.92 Å². The number of hydrogen-bond donors (Lipinski definition) is 2. The number of nitrogens with zero attached hydrogens (tertiary/aromatic N) is 3. The molecule has 36 heavy (non-hydrogen) atoms. The number of carbonyl (C=O) groups excluding carboxylic acids is 3. The average Bonchev–Trinajstić information content (AvgIpc) is 3.73. The van der Waals surface area contributed by atoms with Crippen LogP contribution in [0, 0.1) is 5.92 Å². The molecule has 3 aliphatic rings. The Morgan fingerprint density at radius 3 is 2.53 bits per heavy atom. The van der Waals surface area contributed by atoms with Gasteiger partial charge in [-0.3, -0.25) is 24.3 Å². The summed E-state index contributed by atoms with van der Waals surface area (Å²) in [6, 6.07) is 9.36. The van der Waals surface area contributed by atoms with Gasteiger partial charge in [-0.05, 0) is 74.4 Å². The molecule has 3 unspecified atom stereocenters. The van der Waals surface area contributed by atoms with Crippen LogP contribution in [-0.4, -0.2) is 47.9 Å². The lowest BCUT2D eigenvalue weighted by Gasteiger charge is -2.37. The molecule has 8 heteroatoms. The van der Waals surface area contributed by atoms with Gasteiger partial charge < -0.3 is 15.5 Å². The van der Waals surface area contributed by atoms with Gasteiger partial charge in [-0.2, -0.15) is 0 Å². The zero-order chi connectivity index (χ0) is 25.2. The van der Waals surface area contributed by atoms with Crippen LogP contribution in [0.25, 0.3) is 0 Å². The van der Waals surface area contributed by atoms with Crippen molar-refractivity contribution in [1.29, 1.82) is 0 Å². The molecule has 5 rings (SSSR count). The van der Waals surface area contributed by atoms with Gasteiger partial charge in [0.15, 0.2) is 0 Å². The second-order valence-corrected chi connectivity index (χ2v) is 10.4. The first kappa shape index (κ1) is 24.4. The summed E-state index contributed by atoms with van der Waals surface area (Å²) in [5.74, 6) is 0.108. The highest BCUT2D eigenvalue weighted by atomic mass is 16.2. The van der Waals surface area contributed by atoms with Crippen molar-refractivity contribution in [3.05, 3.63) is 53.9 Å². The van der Waals surface area contributed by atoms with E-state index >= 15 is 0 Å². The van der Waals surface area contributed by atoms with Crippen LogP contribution in [0.4, 0.5) is 11.4 Å². The molecule has 0 saturated heterocycles. The van der Waals surface area contributed by atoms with Gasteiger partial charge in [0.2, 0.25) is 11.8 Å². The standard InChI is InChI=1S/C28H35N5O3/c1-18-5-3-4-6-23(18)30-16-26(34)32-17-27(35)33(22-8-9-22)24-10-7-21(15-25(24)32)28(36)31-19(2)20-11-13-29-14-12-20/h7,10-15,18-19,22-23,30H,3-6,8-9,16-17H2,1-2H3,(H,31,36). The number of benzene rings is 1. The summed E-state index contributed by atoms with van der Waals surface area (Å²) in [6.45, 7) is 4.34. The van der Waals surface area contributed by atoms with Crippen LogP contribution in [-0.2, 0) is 9.59 Å². The Morgan fingerprint density at radius 1 is 1.06 bits per heavy atom. The van der Waals surface area contributed by atoms with E-state index in [0.29, 0.717) is 28.9 Å². The molecule has 3 amide bonds. The molecule has 8 nitrogen and oxygen atoms in total. The molecule has 1 aliphatic heterocycles. The molecule has 0 spiro atoms. The van der Waals surface area contributed by atoms with Gasteiger partial charge in [0.1, 0.15) is 6.54 Å². The third kappa shape index (κ3) is 5.14. The van der Waals surface area contributed by atoms with Gasteiger partial charge in [0.25, 0.3) is 5.91 Å². The highest BCUT2D eigenvalue weighted by Gasteiger charge is 2.41. The monoisotopic (exact) mass is 489 g/mol. The number of rotatable bonds is 7. The van der Waals surface area contributed by atoms with Crippen LogP contribution in [0.15, 0.2) is 42.7 Å². The Morgan fingerprint density at radius 2 is 1.81 bits per heavy atom. The molecule has 2 fully saturated rings. The Hall–Kier alpha value is -3.26. The van der Waals surface area contributed by atoms with Crippen molar-refractivity contribution in [2.45, 2.75) is 70.5 Å². The van der Waals surface area contributed by atoms with E-state index in [9.17, 15) is 14.4 Å². The second kappa shape index (κ2) is 10.4. The number of hydrogen-bond acceptors (Lipinski definition) is 5. The van der Waals surface area contributed by atoms with Crippen molar-refractivity contribution >= 4 is 29.1 Å². The lowest BCUT2D eigenvalue weighted by Crippen LogP contribution is -2.52. The Kier molecular flexibility index (Phi) is 7.05. The third-order valence-corrected chi connectivity index (χ3v) is 7.74. The maximum Gasteiger partial charge on any atom is 0.251 e. The maximum atomic E-state index is 13.4. The SMILES string of the molecule is CC(NC(=O)c1ccc2c(c1)N(C(=O)CNC1CCCCC1C)CC(=O)N2C1CC1)c1ccncc1. The topological polar surface area (TPSA) is 94.6 Å². The minimum absolute atomic E-state index is 0.00270. The van der Waals surface area contributed by atoms with Gasteiger partial charge in [0, 0.05) is 30.0 Å². The molecule has 2 heterocycles. The van der Waals surface area contributed by atoms with Gasteiger partial charge in [0.05, 0.1) is 24.0 Å². The van der Waals surface area contributed by atoms with E-state index in [2.05, 4.69) is 22.5 Å². The molecule has 3 atom stereocenters. The Bertz CT molecular complexity index is 1130. The quantitative estimate of drug-likeness (QED) is 0.620. The normalized spacial score (nSPS) is 22.7. The number of pyridine rings is 1. The van der Waals surface area contributed by atoms with E-state index in [1.807, 2.05) is 30.0 Å². The number of nitrogens with one attached hydrogen (secondary N) is 2. The highest BCUT2D eigenvalue weighted by Crippen LogP contribution is 2.41. The molecule has 0 bridgehead atoms. The van der Waals surface area contributed by atoms with Crippen LogP contribution in [0.5, 0.6) is 0 Å². The summed E-state index contributed by atoms with van der Waals surface area (Å²) < 4.78 is 0. The number of aromatic nitrogens is 1. The molecule has 0 radical (unpaired) electrons. The van der Waals surface area contributed by atoms with E-state index in [-0.39, 0.29) is 42.9 Å². The van der Waals surface area contributed by atoms with Crippen LogP contribution in [0.3, 0.4) is 0 Å². The van der Waals surface area contributed by atoms with Crippen LogP contribution in [0.2, 0.25) is 0 Å². The van der Waals surface area contributed by atoms with Gasteiger partial charge in [-0.1, -0.05) is 19.8 Å². The van der Waals surface area contributed by atoms with Crippen LogP contribution in [0.1, 0.15) is 74.3 Å². The maximum absolute atomic E-state index is 13.4. The van der Waals surface area contributed by atoms with Gasteiger partial charge >= 0.3 is 0 Å². The first-order valence-electron chi connectivity index (χ1n) is 13.1. The fraction of sp³-hybridized carbons (Fsp3) is 0.500. The molecular formula is C28H35N5O3. The molecule has 2 aliphatic carbocycles. The third-order valence-electron chi connectivity index (χ3n) is 7.74. The average molecular weight is 490 g/mol. The lowest BCUT2D eigenvalue weighted by atomic mass is 9.86. The highest BCUT2D eigenvalue weighted by molar-refractivity contribution is 6.13. The summed E-state index contributed by atoms with van der Waals surface area (Å²) in [6.07, 6.45) is 9.98. The van der Waals surface area contributed by atoms with E-state index in [1.165, 1.54) is 19.3 Å². The number of anilines is 2. The zero-order valence-corrected chi connectivity index (χ0v) is 21.1. The second-order valence-electron chi connectivity index (χ2n) is 10.4. The molecule has 2 aromatic rings. The summed E-state index contributed by atoms with van der Waals surface area (Å²) in [5.41, 5.74) is 2.77. The van der Waals surface area contributed by atoms with Gasteiger partial charge in [-0.25, -0.2) is 0 Å². The Labute approximate surface area is 212 Å². The van der Waals surface area contributed by atoms with Crippen LogP contribution >= 0.6 is 0 Å². The molecule has 2 N–H and O–H groups in total. The smallest absolute Gasteiger partial charge is 0.251 e. The minimum Gasteiger partial charge on any atom is -0.346 e. The fourth-order valence-electron chi connectivity index (χ4n) is 5.42. The molecule has 190 valence electrons. The van der Waals surface area contributed by atoms with Crippen molar-refractivity contribution in [1.82, 2.24) is 15.6 Å². The number of amides is 3. The van der Waals surface area contributed by atoms with Crippen molar-refractivity contribution in [3.63, 3.8) is 0 Å². The van der Waals surface area contributed by atoms with E-state index in [4.69, 9.17) is 0 Å². The van der Waals surface area contributed by atoms with Crippen molar-refractivity contribution < 1.29 is 14.4 Å². The summed E-state index contributed by atoms with van der Waals surface area (Å²) in [5, 5.41) is 6.47.